The molecule has 6 nitrogen and oxygen atoms in total. The number of hydrogen-bond donors (Lipinski definition) is 0. The molecule has 1 unspecified atom stereocenters. The number of aromatic nitrogens is 4. The predicted molar refractivity (Wildman–Crippen MR) is 54.4 cm³/mol. The molecule has 0 radical (unpaired) electrons. The highest BCUT2D eigenvalue weighted by Gasteiger charge is 2.19. The van der Waals surface area contributed by atoms with Crippen molar-refractivity contribution in [3.8, 4) is 11.6 Å². The van der Waals surface area contributed by atoms with Gasteiger partial charge in [0.15, 0.2) is 0 Å². The summed E-state index contributed by atoms with van der Waals surface area (Å²) in [6.07, 6.45) is 3.18. The molecular formula is C10H10N4O2. The fourth-order valence-corrected chi connectivity index (χ4v) is 1.09. The van der Waals surface area contributed by atoms with Crippen molar-refractivity contribution in [3.05, 3.63) is 24.4 Å². The van der Waals surface area contributed by atoms with Crippen LogP contribution in [0.2, 0.25) is 0 Å². The Labute approximate surface area is 91.7 Å². The number of carbonyl (C=O) groups is 1. The van der Waals surface area contributed by atoms with Crippen molar-refractivity contribution in [1.29, 1.82) is 0 Å². The van der Waals surface area contributed by atoms with E-state index in [1.54, 1.807) is 25.4 Å². The van der Waals surface area contributed by atoms with Gasteiger partial charge in [-0.1, -0.05) is 5.16 Å². The van der Waals surface area contributed by atoms with Gasteiger partial charge in [0, 0.05) is 12.4 Å². The Morgan fingerprint density at radius 2 is 2.00 bits per heavy atom. The SMILES string of the molecule is CC(=O)C(C)c1nc(-c2ncccn2)no1. The minimum absolute atomic E-state index is 0.0239. The molecule has 0 fully saturated rings. The zero-order valence-corrected chi connectivity index (χ0v) is 8.91. The van der Waals surface area contributed by atoms with E-state index in [0.717, 1.165) is 0 Å². The molecule has 6 heteroatoms. The first-order valence-corrected chi connectivity index (χ1v) is 4.80. The summed E-state index contributed by atoms with van der Waals surface area (Å²) in [5.74, 6) is 0.543. The van der Waals surface area contributed by atoms with Gasteiger partial charge in [-0.05, 0) is 19.9 Å². The second-order valence-corrected chi connectivity index (χ2v) is 3.36. The third kappa shape index (κ3) is 1.95. The molecule has 0 aliphatic carbocycles. The Bertz CT molecular complexity index is 495. The summed E-state index contributed by atoms with van der Waals surface area (Å²) >= 11 is 0. The van der Waals surface area contributed by atoms with Gasteiger partial charge in [0.2, 0.25) is 17.5 Å². The fraction of sp³-hybridized carbons (Fsp3) is 0.300. The number of nitrogens with zero attached hydrogens (tertiary/aromatic N) is 4. The van der Waals surface area contributed by atoms with Crippen LogP contribution in [0, 0.1) is 0 Å². The molecule has 2 aromatic heterocycles. The molecule has 2 rings (SSSR count). The standard InChI is InChI=1S/C10H10N4O2/c1-6(7(2)15)10-13-9(14-16-10)8-11-4-3-5-12-8/h3-6H,1-2H3. The second kappa shape index (κ2) is 4.18. The summed E-state index contributed by atoms with van der Waals surface area (Å²) in [5.41, 5.74) is 0. The van der Waals surface area contributed by atoms with Crippen LogP contribution in [0.15, 0.2) is 23.0 Å². The van der Waals surface area contributed by atoms with E-state index in [2.05, 4.69) is 20.1 Å². The second-order valence-electron chi connectivity index (χ2n) is 3.36. The molecule has 2 aromatic rings. The first-order chi connectivity index (χ1) is 7.68. The van der Waals surface area contributed by atoms with Gasteiger partial charge >= 0.3 is 0 Å². The van der Waals surface area contributed by atoms with Gasteiger partial charge in [0.25, 0.3) is 0 Å². The van der Waals surface area contributed by atoms with Crippen molar-refractivity contribution in [2.75, 3.05) is 0 Å². The van der Waals surface area contributed by atoms with Gasteiger partial charge in [-0.25, -0.2) is 9.97 Å². The molecule has 0 aliphatic rings. The van der Waals surface area contributed by atoms with E-state index in [1.807, 2.05) is 0 Å². The minimum atomic E-state index is -0.398. The molecule has 82 valence electrons. The predicted octanol–water partition coefficient (Wildman–Crippen LogP) is 1.22. The van der Waals surface area contributed by atoms with Crippen molar-refractivity contribution in [1.82, 2.24) is 20.1 Å². The zero-order valence-electron chi connectivity index (χ0n) is 8.91. The molecule has 16 heavy (non-hydrogen) atoms. The van der Waals surface area contributed by atoms with Crippen LogP contribution in [-0.4, -0.2) is 25.9 Å². The molecule has 2 heterocycles. The Hall–Kier alpha value is -2.11. The molecular weight excluding hydrogens is 208 g/mol. The maximum Gasteiger partial charge on any atom is 0.240 e. The molecule has 0 aromatic carbocycles. The monoisotopic (exact) mass is 218 g/mol. The van der Waals surface area contributed by atoms with E-state index < -0.39 is 5.92 Å². The number of carbonyl (C=O) groups excluding carboxylic acids is 1. The summed E-state index contributed by atoms with van der Waals surface area (Å²) in [6, 6.07) is 1.70. The van der Waals surface area contributed by atoms with E-state index in [0.29, 0.717) is 11.6 Å². The Morgan fingerprint density at radius 1 is 1.31 bits per heavy atom. The molecule has 0 aliphatic heterocycles. The largest absolute Gasteiger partial charge is 0.338 e. The highest BCUT2D eigenvalue weighted by atomic mass is 16.5. The fourth-order valence-electron chi connectivity index (χ4n) is 1.09. The first-order valence-electron chi connectivity index (χ1n) is 4.80. The Morgan fingerprint density at radius 3 is 2.62 bits per heavy atom. The van der Waals surface area contributed by atoms with Crippen molar-refractivity contribution >= 4 is 5.78 Å². The van der Waals surface area contributed by atoms with Gasteiger partial charge < -0.3 is 4.52 Å². The Balaban J connectivity index is 2.30. The lowest BCUT2D eigenvalue weighted by atomic mass is 10.1. The molecule has 0 amide bonds. The molecule has 0 N–H and O–H groups in total. The lowest BCUT2D eigenvalue weighted by Gasteiger charge is -1.97. The Kier molecular flexibility index (Phi) is 2.72. The van der Waals surface area contributed by atoms with Gasteiger partial charge in [0.05, 0.1) is 5.92 Å². The smallest absolute Gasteiger partial charge is 0.240 e. The number of ketones is 1. The average Bonchev–Trinajstić information content (AvgIpc) is 2.78. The summed E-state index contributed by atoms with van der Waals surface area (Å²) in [5, 5.41) is 3.73. The summed E-state index contributed by atoms with van der Waals surface area (Å²) < 4.78 is 4.98. The molecule has 0 saturated heterocycles. The van der Waals surface area contributed by atoms with Gasteiger partial charge in [0.1, 0.15) is 5.78 Å². The van der Waals surface area contributed by atoms with Crippen LogP contribution in [0.5, 0.6) is 0 Å². The summed E-state index contributed by atoms with van der Waals surface area (Å²) in [4.78, 5) is 23.2. The number of rotatable bonds is 3. The van der Waals surface area contributed by atoms with Gasteiger partial charge in [-0.2, -0.15) is 4.98 Å². The van der Waals surface area contributed by atoms with Crippen molar-refractivity contribution in [2.45, 2.75) is 19.8 Å². The van der Waals surface area contributed by atoms with Crippen LogP contribution in [-0.2, 0) is 4.79 Å². The van der Waals surface area contributed by atoms with Gasteiger partial charge in [-0.15, -0.1) is 0 Å². The van der Waals surface area contributed by atoms with E-state index in [-0.39, 0.29) is 11.7 Å². The topological polar surface area (TPSA) is 81.8 Å². The maximum absolute atomic E-state index is 11.1. The van der Waals surface area contributed by atoms with Crippen LogP contribution < -0.4 is 0 Å². The highest BCUT2D eigenvalue weighted by Crippen LogP contribution is 2.17. The average molecular weight is 218 g/mol. The van der Waals surface area contributed by atoms with Crippen molar-refractivity contribution in [2.24, 2.45) is 0 Å². The highest BCUT2D eigenvalue weighted by molar-refractivity contribution is 5.81. The number of hydrogen-bond acceptors (Lipinski definition) is 6. The summed E-state index contributed by atoms with van der Waals surface area (Å²) in [7, 11) is 0. The van der Waals surface area contributed by atoms with Crippen molar-refractivity contribution < 1.29 is 9.32 Å². The maximum atomic E-state index is 11.1. The molecule has 1 atom stereocenters. The first kappa shape index (κ1) is 10.4. The zero-order chi connectivity index (χ0) is 11.5. The van der Waals surface area contributed by atoms with Crippen LogP contribution in [0.3, 0.4) is 0 Å². The van der Waals surface area contributed by atoms with Gasteiger partial charge in [-0.3, -0.25) is 4.79 Å². The van der Waals surface area contributed by atoms with E-state index in [4.69, 9.17) is 4.52 Å². The van der Waals surface area contributed by atoms with Crippen molar-refractivity contribution in [3.63, 3.8) is 0 Å². The number of Topliss-reactive ketones (excluding diaryl/α,β-unsaturated/α-hetero) is 1. The lowest BCUT2D eigenvalue weighted by Crippen LogP contribution is -2.04. The lowest BCUT2D eigenvalue weighted by molar-refractivity contribution is -0.118. The normalized spacial score (nSPS) is 12.4. The molecule has 0 saturated carbocycles. The quantitative estimate of drug-likeness (QED) is 0.770. The third-order valence-corrected chi connectivity index (χ3v) is 2.19. The minimum Gasteiger partial charge on any atom is -0.338 e. The molecule has 0 bridgehead atoms. The van der Waals surface area contributed by atoms with E-state index in [1.165, 1.54) is 6.92 Å². The molecule has 0 spiro atoms. The van der Waals surface area contributed by atoms with E-state index >= 15 is 0 Å². The van der Waals surface area contributed by atoms with Crippen LogP contribution in [0.4, 0.5) is 0 Å². The van der Waals surface area contributed by atoms with E-state index in [9.17, 15) is 4.79 Å². The van der Waals surface area contributed by atoms with Crippen LogP contribution in [0.25, 0.3) is 11.6 Å². The van der Waals surface area contributed by atoms with Crippen LogP contribution in [0.1, 0.15) is 25.7 Å². The summed E-state index contributed by atoms with van der Waals surface area (Å²) in [6.45, 7) is 3.19. The third-order valence-electron chi connectivity index (χ3n) is 2.19. The van der Waals surface area contributed by atoms with Crippen LogP contribution >= 0.6 is 0 Å².